The van der Waals surface area contributed by atoms with E-state index in [1.807, 2.05) is 0 Å². The zero-order valence-corrected chi connectivity index (χ0v) is 16.6. The molecule has 5 heteroatoms. The van der Waals surface area contributed by atoms with E-state index in [9.17, 15) is 9.59 Å². The molecule has 0 saturated carbocycles. The van der Waals surface area contributed by atoms with E-state index in [-0.39, 0.29) is 11.2 Å². The Morgan fingerprint density at radius 3 is 1.30 bits per heavy atom. The molecule has 0 heterocycles. The Bertz CT molecular complexity index is 299. The second kappa shape index (κ2) is 13.6. The van der Waals surface area contributed by atoms with Crippen LogP contribution < -0.4 is 0 Å². The smallest absolute Gasteiger partial charge is 0.311 e. The second-order valence-corrected chi connectivity index (χ2v) is 10.2. The highest BCUT2D eigenvalue weighted by molar-refractivity contribution is 7.23. The van der Waals surface area contributed by atoms with Crippen molar-refractivity contribution in [1.29, 1.82) is 0 Å². The molecule has 0 rings (SSSR count). The lowest BCUT2D eigenvalue weighted by molar-refractivity contribution is 0.158. The van der Waals surface area contributed by atoms with Crippen LogP contribution in [0, 0.1) is 0 Å². The maximum absolute atomic E-state index is 12.8. The Balaban J connectivity index is 5.12. The van der Waals surface area contributed by atoms with Crippen molar-refractivity contribution >= 4 is 19.3 Å². The predicted molar refractivity (Wildman–Crippen MR) is 97.7 cm³/mol. The summed E-state index contributed by atoms with van der Waals surface area (Å²) in [6.07, 6.45) is 7.39. The van der Waals surface area contributed by atoms with Gasteiger partial charge in [0.1, 0.15) is 0 Å². The highest BCUT2D eigenvalue weighted by atomic mass is 28.3. The topological polar surface area (TPSA) is 52.6 Å². The van der Waals surface area contributed by atoms with Gasteiger partial charge in [-0.15, -0.1) is 0 Å². The quantitative estimate of drug-likeness (QED) is 0.283. The van der Waals surface area contributed by atoms with Crippen molar-refractivity contribution < 1.29 is 19.1 Å². The number of rotatable bonds is 14. The minimum Gasteiger partial charge on any atom is -0.470 e. The highest BCUT2D eigenvalue weighted by Crippen LogP contribution is 2.27. The average Bonchev–Trinajstić information content (AvgIpc) is 2.55. The van der Waals surface area contributed by atoms with Gasteiger partial charge in [-0.05, 0) is 24.9 Å². The molecular formula is C18H36O4Si. The molecule has 0 aromatic heterocycles. The van der Waals surface area contributed by atoms with Crippen LogP contribution in [0.25, 0.3) is 0 Å². The molecule has 0 fully saturated rings. The van der Waals surface area contributed by atoms with Crippen LogP contribution in [0.3, 0.4) is 0 Å². The van der Waals surface area contributed by atoms with Gasteiger partial charge in [-0.1, -0.05) is 66.2 Å². The molecule has 0 radical (unpaired) electrons. The minimum absolute atomic E-state index is 0.241. The first-order valence-electron chi connectivity index (χ1n) is 9.43. The molecule has 0 spiro atoms. The first kappa shape index (κ1) is 22.2. The van der Waals surface area contributed by atoms with Crippen molar-refractivity contribution in [2.45, 2.75) is 91.1 Å². The lowest BCUT2D eigenvalue weighted by Gasteiger charge is -2.26. The molecule has 0 aliphatic carbocycles. The highest BCUT2D eigenvalue weighted by Gasteiger charge is 2.51. The van der Waals surface area contributed by atoms with Crippen LogP contribution in [0.5, 0.6) is 0 Å². The van der Waals surface area contributed by atoms with Crippen LogP contribution in [-0.2, 0) is 9.47 Å². The maximum atomic E-state index is 12.8. The molecule has 0 unspecified atom stereocenters. The van der Waals surface area contributed by atoms with Crippen LogP contribution in [0.4, 0.5) is 9.59 Å². The molecule has 0 aromatic rings. The summed E-state index contributed by atoms with van der Waals surface area (Å²) in [5, 5.41) is 0. The van der Waals surface area contributed by atoms with Crippen LogP contribution in [-0.4, -0.2) is 32.5 Å². The van der Waals surface area contributed by atoms with Crippen molar-refractivity contribution in [2.24, 2.45) is 0 Å². The number of hydrogen-bond acceptors (Lipinski definition) is 4. The van der Waals surface area contributed by atoms with E-state index in [1.54, 1.807) is 0 Å². The summed E-state index contributed by atoms with van der Waals surface area (Å²) in [5.74, 6) is 0. The standard InChI is InChI=1S/C18H36O4Si/c1-5-9-13-21-17(19)23(15-11-7-3,16-12-8-4)18(20)22-14-10-6-2/h5-16H2,1-4H3. The van der Waals surface area contributed by atoms with Crippen molar-refractivity contribution in [1.82, 2.24) is 0 Å². The summed E-state index contributed by atoms with van der Waals surface area (Å²) in [6, 6.07) is 1.33. The molecule has 0 atom stereocenters. The molecule has 4 nitrogen and oxygen atoms in total. The summed E-state index contributed by atoms with van der Waals surface area (Å²) in [5.41, 5.74) is -0.483. The average molecular weight is 345 g/mol. The van der Waals surface area contributed by atoms with Crippen LogP contribution in [0.15, 0.2) is 0 Å². The van der Waals surface area contributed by atoms with Gasteiger partial charge in [-0.2, -0.15) is 0 Å². The van der Waals surface area contributed by atoms with E-state index in [0.29, 0.717) is 25.3 Å². The summed E-state index contributed by atoms with van der Waals surface area (Å²) in [4.78, 5) is 25.5. The third-order valence-electron chi connectivity index (χ3n) is 4.16. The first-order valence-corrected chi connectivity index (χ1v) is 11.8. The van der Waals surface area contributed by atoms with E-state index in [0.717, 1.165) is 51.4 Å². The number of carbonyl (C=O) groups excluding carboxylic acids is 2. The Kier molecular flexibility index (Phi) is 13.1. The van der Waals surface area contributed by atoms with Gasteiger partial charge in [0.2, 0.25) is 0 Å². The summed E-state index contributed by atoms with van der Waals surface area (Å²) in [6.45, 7) is 9.14. The van der Waals surface area contributed by atoms with Crippen molar-refractivity contribution in [2.75, 3.05) is 13.2 Å². The van der Waals surface area contributed by atoms with E-state index in [2.05, 4.69) is 27.7 Å². The van der Waals surface area contributed by atoms with E-state index in [1.165, 1.54) is 0 Å². The Labute approximate surface area is 143 Å². The lowest BCUT2D eigenvalue weighted by Crippen LogP contribution is -2.53. The number of unbranched alkanes of at least 4 members (excludes halogenated alkanes) is 4. The molecule has 0 aliphatic rings. The SMILES string of the molecule is CCCCOC(=O)[Si](CCCC)(CCCC)C(=O)OCCCC. The summed E-state index contributed by atoms with van der Waals surface area (Å²) < 4.78 is 11.0. The van der Waals surface area contributed by atoms with Crippen LogP contribution in [0.1, 0.15) is 79.1 Å². The van der Waals surface area contributed by atoms with Gasteiger partial charge < -0.3 is 9.47 Å². The van der Waals surface area contributed by atoms with Gasteiger partial charge in [-0.3, -0.25) is 9.59 Å². The molecule has 23 heavy (non-hydrogen) atoms. The molecule has 0 bridgehead atoms. The van der Waals surface area contributed by atoms with Gasteiger partial charge in [0.15, 0.2) is 0 Å². The molecule has 136 valence electrons. The van der Waals surface area contributed by atoms with Crippen molar-refractivity contribution in [3.63, 3.8) is 0 Å². The van der Waals surface area contributed by atoms with E-state index in [4.69, 9.17) is 9.47 Å². The number of ether oxygens (including phenoxy) is 2. The van der Waals surface area contributed by atoms with Crippen molar-refractivity contribution in [3.8, 4) is 0 Å². The molecule has 0 aliphatic heterocycles. The summed E-state index contributed by atoms with van der Waals surface area (Å²) in [7, 11) is -2.87. The lowest BCUT2D eigenvalue weighted by atomic mass is 10.4. The zero-order valence-electron chi connectivity index (χ0n) is 15.6. The van der Waals surface area contributed by atoms with Gasteiger partial charge in [0, 0.05) is 0 Å². The monoisotopic (exact) mass is 344 g/mol. The first-order chi connectivity index (χ1) is 11.1. The van der Waals surface area contributed by atoms with Gasteiger partial charge in [0.05, 0.1) is 13.2 Å². The second-order valence-electron chi connectivity index (χ2n) is 6.27. The van der Waals surface area contributed by atoms with E-state index < -0.39 is 8.07 Å². The molecule has 0 N–H and O–H groups in total. The molecule has 0 aromatic carbocycles. The van der Waals surface area contributed by atoms with Crippen LogP contribution in [0.2, 0.25) is 12.1 Å². The number of hydrogen-bond donors (Lipinski definition) is 0. The normalized spacial score (nSPS) is 11.3. The van der Waals surface area contributed by atoms with Gasteiger partial charge >= 0.3 is 8.07 Å². The minimum atomic E-state index is -2.87. The Hall–Kier alpha value is -0.843. The molecule has 0 amide bonds. The Morgan fingerprint density at radius 2 is 1.00 bits per heavy atom. The largest absolute Gasteiger partial charge is 0.470 e. The maximum Gasteiger partial charge on any atom is 0.311 e. The van der Waals surface area contributed by atoms with Crippen molar-refractivity contribution in [3.05, 3.63) is 0 Å². The van der Waals surface area contributed by atoms with E-state index >= 15 is 0 Å². The molecule has 0 saturated heterocycles. The fraction of sp³-hybridized carbons (Fsp3) is 0.889. The van der Waals surface area contributed by atoms with Gasteiger partial charge in [0.25, 0.3) is 11.2 Å². The number of carbonyl (C=O) groups is 2. The van der Waals surface area contributed by atoms with Gasteiger partial charge in [-0.25, -0.2) is 0 Å². The van der Waals surface area contributed by atoms with Crippen LogP contribution >= 0.6 is 0 Å². The molecular weight excluding hydrogens is 308 g/mol. The Morgan fingerprint density at radius 1 is 0.652 bits per heavy atom. The fourth-order valence-electron chi connectivity index (χ4n) is 2.47. The predicted octanol–water partition coefficient (Wildman–Crippen LogP) is 6.07. The third-order valence-corrected chi connectivity index (χ3v) is 8.42. The summed E-state index contributed by atoms with van der Waals surface area (Å²) >= 11 is 0. The zero-order chi connectivity index (χ0) is 17.6. The fourth-order valence-corrected chi connectivity index (χ4v) is 6.37. The third kappa shape index (κ3) is 8.00.